The Labute approximate surface area is 103 Å². The summed E-state index contributed by atoms with van der Waals surface area (Å²) in [6, 6.07) is 5.86. The smallest absolute Gasteiger partial charge is 0.125 e. The lowest BCUT2D eigenvalue weighted by Gasteiger charge is -2.16. The Hall–Kier alpha value is -1.32. The third-order valence-electron chi connectivity index (χ3n) is 2.45. The summed E-state index contributed by atoms with van der Waals surface area (Å²) in [5, 5.41) is 13.2. The largest absolute Gasteiger partial charge is 0.493 e. The summed E-state index contributed by atoms with van der Waals surface area (Å²) in [4.78, 5) is 0. The van der Waals surface area contributed by atoms with E-state index in [1.807, 2.05) is 32.0 Å². The highest BCUT2D eigenvalue weighted by molar-refractivity contribution is 5.38. The van der Waals surface area contributed by atoms with Gasteiger partial charge in [0.1, 0.15) is 5.75 Å². The molecule has 0 amide bonds. The van der Waals surface area contributed by atoms with Crippen LogP contribution in [-0.4, -0.2) is 24.8 Å². The minimum atomic E-state index is -0.559. The minimum Gasteiger partial charge on any atom is -0.493 e. The fraction of sp³-hybridized carbons (Fsp3) is 0.429. The number of aliphatic hydroxyl groups excluding tert-OH is 1. The molecule has 2 N–H and O–H groups in total. The van der Waals surface area contributed by atoms with E-state index in [-0.39, 0.29) is 0 Å². The Bertz CT molecular complexity index is 363. The maximum atomic E-state index is 10.1. The first kappa shape index (κ1) is 13.7. The Morgan fingerprint density at radius 2 is 2.29 bits per heavy atom. The predicted octanol–water partition coefficient (Wildman–Crippen LogP) is 2.20. The van der Waals surface area contributed by atoms with E-state index in [4.69, 9.17) is 4.74 Å². The summed E-state index contributed by atoms with van der Waals surface area (Å²) in [5.74, 6) is 0.756. The van der Waals surface area contributed by atoms with Gasteiger partial charge >= 0.3 is 0 Å². The average Bonchev–Trinajstić information content (AvgIpc) is 2.32. The number of ether oxygens (including phenoxy) is 1. The molecule has 1 aromatic carbocycles. The van der Waals surface area contributed by atoms with Crippen LogP contribution in [0.2, 0.25) is 0 Å². The van der Waals surface area contributed by atoms with Crippen LogP contribution in [0.15, 0.2) is 30.9 Å². The van der Waals surface area contributed by atoms with Crippen molar-refractivity contribution in [3.63, 3.8) is 0 Å². The number of hydrogen-bond donors (Lipinski definition) is 2. The van der Waals surface area contributed by atoms with Gasteiger partial charge in [0, 0.05) is 18.7 Å². The maximum absolute atomic E-state index is 10.1. The molecule has 1 aromatic rings. The van der Waals surface area contributed by atoms with E-state index in [0.717, 1.165) is 16.9 Å². The Kier molecular flexibility index (Phi) is 5.73. The Balaban J connectivity index is 2.78. The zero-order valence-corrected chi connectivity index (χ0v) is 10.6. The summed E-state index contributed by atoms with van der Waals surface area (Å²) in [6.07, 6.45) is 1.21. The molecule has 0 aliphatic rings. The molecular weight excluding hydrogens is 214 g/mol. The molecule has 94 valence electrons. The summed E-state index contributed by atoms with van der Waals surface area (Å²) < 4.78 is 5.51. The van der Waals surface area contributed by atoms with Crippen LogP contribution >= 0.6 is 0 Å². The van der Waals surface area contributed by atoms with Crippen LogP contribution in [0.4, 0.5) is 0 Å². The van der Waals surface area contributed by atoms with Gasteiger partial charge in [-0.1, -0.05) is 17.7 Å². The molecule has 3 heteroatoms. The summed E-state index contributed by atoms with van der Waals surface area (Å²) in [7, 11) is 0. The molecule has 0 fully saturated rings. The van der Waals surface area contributed by atoms with E-state index in [9.17, 15) is 5.11 Å². The van der Waals surface area contributed by atoms with Crippen molar-refractivity contribution in [1.29, 1.82) is 0 Å². The van der Waals surface area contributed by atoms with Crippen molar-refractivity contribution < 1.29 is 9.84 Å². The SMILES string of the molecule is C=CCNCC(O)c1cc(C)ccc1OCC. The lowest BCUT2D eigenvalue weighted by Crippen LogP contribution is -2.21. The molecule has 0 saturated heterocycles. The normalized spacial score (nSPS) is 12.2. The average molecular weight is 235 g/mol. The number of aryl methyl sites for hydroxylation is 1. The second kappa shape index (κ2) is 7.09. The zero-order valence-electron chi connectivity index (χ0n) is 10.6. The van der Waals surface area contributed by atoms with Crippen LogP contribution < -0.4 is 10.1 Å². The predicted molar refractivity (Wildman–Crippen MR) is 70.4 cm³/mol. The van der Waals surface area contributed by atoms with Gasteiger partial charge in [0.15, 0.2) is 0 Å². The van der Waals surface area contributed by atoms with Gasteiger partial charge < -0.3 is 15.2 Å². The summed E-state index contributed by atoms with van der Waals surface area (Å²) in [5.41, 5.74) is 1.95. The van der Waals surface area contributed by atoms with E-state index >= 15 is 0 Å². The van der Waals surface area contributed by atoms with Crippen molar-refractivity contribution >= 4 is 0 Å². The summed E-state index contributed by atoms with van der Waals surface area (Å²) in [6.45, 7) is 9.35. The van der Waals surface area contributed by atoms with Crippen molar-refractivity contribution in [3.8, 4) is 5.75 Å². The van der Waals surface area contributed by atoms with Crippen molar-refractivity contribution in [2.45, 2.75) is 20.0 Å². The molecule has 3 nitrogen and oxygen atoms in total. The third kappa shape index (κ3) is 4.21. The molecule has 17 heavy (non-hydrogen) atoms. The molecule has 0 radical (unpaired) electrons. The van der Waals surface area contributed by atoms with Gasteiger partial charge in [-0.05, 0) is 26.0 Å². The lowest BCUT2D eigenvalue weighted by atomic mass is 10.1. The second-order valence-corrected chi connectivity index (χ2v) is 3.94. The van der Waals surface area contributed by atoms with Crippen molar-refractivity contribution in [2.75, 3.05) is 19.7 Å². The van der Waals surface area contributed by atoms with Gasteiger partial charge in [-0.3, -0.25) is 0 Å². The molecule has 0 aromatic heterocycles. The summed E-state index contributed by atoms with van der Waals surface area (Å²) >= 11 is 0. The van der Waals surface area contributed by atoms with Gasteiger partial charge in [0.25, 0.3) is 0 Å². The standard InChI is InChI=1S/C14H21NO2/c1-4-8-15-10-13(16)12-9-11(3)6-7-14(12)17-5-2/h4,6-7,9,13,15-16H,1,5,8,10H2,2-3H3. The highest BCUT2D eigenvalue weighted by Gasteiger charge is 2.13. The van der Waals surface area contributed by atoms with E-state index in [0.29, 0.717) is 19.7 Å². The van der Waals surface area contributed by atoms with Gasteiger partial charge in [0.05, 0.1) is 12.7 Å². The van der Waals surface area contributed by atoms with Gasteiger partial charge in [-0.25, -0.2) is 0 Å². The fourth-order valence-electron chi connectivity index (χ4n) is 1.65. The van der Waals surface area contributed by atoms with E-state index in [1.54, 1.807) is 6.08 Å². The van der Waals surface area contributed by atoms with Crippen LogP contribution in [0.3, 0.4) is 0 Å². The number of hydrogen-bond acceptors (Lipinski definition) is 3. The highest BCUT2D eigenvalue weighted by atomic mass is 16.5. The highest BCUT2D eigenvalue weighted by Crippen LogP contribution is 2.26. The molecule has 0 bridgehead atoms. The maximum Gasteiger partial charge on any atom is 0.125 e. The van der Waals surface area contributed by atoms with Gasteiger partial charge in [-0.2, -0.15) is 0 Å². The first-order valence-corrected chi connectivity index (χ1v) is 5.92. The molecule has 1 rings (SSSR count). The van der Waals surface area contributed by atoms with Gasteiger partial charge in [-0.15, -0.1) is 6.58 Å². The Morgan fingerprint density at radius 3 is 2.94 bits per heavy atom. The Morgan fingerprint density at radius 1 is 1.53 bits per heavy atom. The molecule has 0 heterocycles. The first-order chi connectivity index (χ1) is 8.19. The van der Waals surface area contributed by atoms with Crippen LogP contribution in [0.25, 0.3) is 0 Å². The minimum absolute atomic E-state index is 0.496. The van der Waals surface area contributed by atoms with E-state index in [1.165, 1.54) is 0 Å². The monoisotopic (exact) mass is 235 g/mol. The molecule has 0 saturated carbocycles. The van der Waals surface area contributed by atoms with Gasteiger partial charge in [0.2, 0.25) is 0 Å². The topological polar surface area (TPSA) is 41.5 Å². The van der Waals surface area contributed by atoms with Crippen LogP contribution in [0.5, 0.6) is 5.75 Å². The van der Waals surface area contributed by atoms with Crippen LogP contribution in [0.1, 0.15) is 24.2 Å². The number of benzene rings is 1. The molecule has 1 unspecified atom stereocenters. The fourth-order valence-corrected chi connectivity index (χ4v) is 1.65. The third-order valence-corrected chi connectivity index (χ3v) is 2.45. The zero-order chi connectivity index (χ0) is 12.7. The first-order valence-electron chi connectivity index (χ1n) is 5.92. The molecular formula is C14H21NO2. The molecule has 1 atom stereocenters. The second-order valence-electron chi connectivity index (χ2n) is 3.94. The van der Waals surface area contributed by atoms with E-state index < -0.39 is 6.10 Å². The molecule has 0 aliphatic carbocycles. The molecule has 0 aliphatic heterocycles. The number of nitrogens with one attached hydrogen (secondary N) is 1. The number of aliphatic hydroxyl groups is 1. The quantitative estimate of drug-likeness (QED) is 0.562. The van der Waals surface area contributed by atoms with Crippen molar-refractivity contribution in [1.82, 2.24) is 5.32 Å². The van der Waals surface area contributed by atoms with Crippen LogP contribution in [0, 0.1) is 6.92 Å². The number of rotatable bonds is 7. The molecule has 0 spiro atoms. The van der Waals surface area contributed by atoms with Crippen LogP contribution in [-0.2, 0) is 0 Å². The lowest BCUT2D eigenvalue weighted by molar-refractivity contribution is 0.170. The van der Waals surface area contributed by atoms with Crippen molar-refractivity contribution in [2.24, 2.45) is 0 Å². The van der Waals surface area contributed by atoms with E-state index in [2.05, 4.69) is 11.9 Å². The van der Waals surface area contributed by atoms with Crippen molar-refractivity contribution in [3.05, 3.63) is 42.0 Å².